The van der Waals surface area contributed by atoms with Crippen LogP contribution in [0.15, 0.2) is 67.1 Å². The fraction of sp³-hybridized carbons (Fsp3) is 0.143. The predicted molar refractivity (Wildman–Crippen MR) is 104 cm³/mol. The van der Waals surface area contributed by atoms with Gasteiger partial charge in [-0.1, -0.05) is 12.1 Å². The highest BCUT2D eigenvalue weighted by atomic mass is 16.5. The first-order chi connectivity index (χ1) is 13.7. The van der Waals surface area contributed by atoms with Gasteiger partial charge in [-0.15, -0.1) is 0 Å². The van der Waals surface area contributed by atoms with Crippen LogP contribution in [-0.4, -0.2) is 34.9 Å². The van der Waals surface area contributed by atoms with E-state index in [0.717, 1.165) is 12.0 Å². The van der Waals surface area contributed by atoms with Gasteiger partial charge in [-0.25, -0.2) is 4.98 Å². The lowest BCUT2D eigenvalue weighted by atomic mass is 10.1. The van der Waals surface area contributed by atoms with E-state index in [1.807, 2.05) is 36.4 Å². The Morgan fingerprint density at radius 3 is 2.57 bits per heavy atom. The zero-order chi connectivity index (χ0) is 19.3. The zero-order valence-electron chi connectivity index (χ0n) is 15.0. The molecular weight excluding hydrogens is 356 g/mol. The molecule has 1 aliphatic rings. The Morgan fingerprint density at radius 2 is 1.79 bits per heavy atom. The molecule has 1 N–H and O–H groups in total. The third kappa shape index (κ3) is 3.98. The van der Waals surface area contributed by atoms with E-state index in [1.165, 1.54) is 10.5 Å². The molecule has 2 aromatic heterocycles. The molecule has 1 aromatic carbocycles. The van der Waals surface area contributed by atoms with Crippen molar-refractivity contribution in [3.63, 3.8) is 0 Å². The molecule has 0 aliphatic carbocycles. The molecule has 4 rings (SSSR count). The normalized spacial score (nSPS) is 12.9. The number of nitrogens with one attached hydrogen (secondary N) is 1. The van der Waals surface area contributed by atoms with Crippen LogP contribution in [0.3, 0.4) is 0 Å². The van der Waals surface area contributed by atoms with Gasteiger partial charge in [0.15, 0.2) is 18.2 Å². The average Bonchev–Trinajstić information content (AvgIpc) is 2.72. The SMILES string of the molecule is O=C(CN1C(=O)COc2cccnc21)Nc1ccc(Cc2ccncc2)cc1. The molecule has 0 bridgehead atoms. The summed E-state index contributed by atoms with van der Waals surface area (Å²) in [7, 11) is 0. The maximum absolute atomic E-state index is 12.4. The zero-order valence-corrected chi connectivity index (χ0v) is 15.0. The number of amides is 2. The summed E-state index contributed by atoms with van der Waals surface area (Å²) in [6, 6.07) is 15.0. The van der Waals surface area contributed by atoms with Gasteiger partial charge in [0.1, 0.15) is 6.54 Å². The lowest BCUT2D eigenvalue weighted by molar-refractivity contribution is -0.123. The largest absolute Gasteiger partial charge is 0.480 e. The van der Waals surface area contributed by atoms with Gasteiger partial charge in [0, 0.05) is 24.3 Å². The molecule has 140 valence electrons. The molecule has 0 fully saturated rings. The van der Waals surface area contributed by atoms with Crippen molar-refractivity contribution in [3.8, 4) is 5.75 Å². The van der Waals surface area contributed by atoms with Crippen LogP contribution in [0, 0.1) is 0 Å². The molecule has 7 heteroatoms. The summed E-state index contributed by atoms with van der Waals surface area (Å²) in [6.07, 6.45) is 5.89. The summed E-state index contributed by atoms with van der Waals surface area (Å²) < 4.78 is 5.34. The molecule has 0 radical (unpaired) electrons. The fourth-order valence-electron chi connectivity index (χ4n) is 2.98. The van der Waals surface area contributed by atoms with E-state index in [0.29, 0.717) is 17.3 Å². The Morgan fingerprint density at radius 1 is 1.04 bits per heavy atom. The monoisotopic (exact) mass is 374 g/mol. The van der Waals surface area contributed by atoms with Crippen molar-refractivity contribution in [2.75, 3.05) is 23.4 Å². The smallest absolute Gasteiger partial charge is 0.266 e. The van der Waals surface area contributed by atoms with Crippen molar-refractivity contribution in [2.45, 2.75) is 6.42 Å². The van der Waals surface area contributed by atoms with Gasteiger partial charge in [0.05, 0.1) is 0 Å². The summed E-state index contributed by atoms with van der Waals surface area (Å²) in [5, 5.41) is 2.82. The minimum absolute atomic E-state index is 0.102. The molecule has 2 amide bonds. The minimum Gasteiger partial charge on any atom is -0.480 e. The Kier molecular flexibility index (Phi) is 4.97. The van der Waals surface area contributed by atoms with Gasteiger partial charge >= 0.3 is 0 Å². The molecule has 3 heterocycles. The van der Waals surface area contributed by atoms with Crippen molar-refractivity contribution in [1.82, 2.24) is 9.97 Å². The van der Waals surface area contributed by atoms with E-state index in [4.69, 9.17) is 4.74 Å². The molecule has 0 unspecified atom stereocenters. The minimum atomic E-state index is -0.297. The summed E-state index contributed by atoms with van der Waals surface area (Å²) in [5.74, 6) is 0.264. The number of aromatic nitrogens is 2. The highest BCUT2D eigenvalue weighted by Crippen LogP contribution is 2.28. The van der Waals surface area contributed by atoms with E-state index in [2.05, 4.69) is 15.3 Å². The fourth-order valence-corrected chi connectivity index (χ4v) is 2.98. The van der Waals surface area contributed by atoms with Crippen LogP contribution in [0.4, 0.5) is 11.5 Å². The second-order valence-corrected chi connectivity index (χ2v) is 6.37. The van der Waals surface area contributed by atoms with Gasteiger partial charge in [0.25, 0.3) is 5.91 Å². The van der Waals surface area contributed by atoms with Crippen LogP contribution in [0.25, 0.3) is 0 Å². The van der Waals surface area contributed by atoms with Gasteiger partial charge in [0.2, 0.25) is 5.91 Å². The number of rotatable bonds is 5. The molecule has 28 heavy (non-hydrogen) atoms. The Hall–Kier alpha value is -3.74. The molecule has 0 atom stereocenters. The number of hydrogen-bond donors (Lipinski definition) is 1. The first kappa shape index (κ1) is 17.7. The lowest BCUT2D eigenvalue weighted by Gasteiger charge is -2.27. The topological polar surface area (TPSA) is 84.4 Å². The number of carbonyl (C=O) groups is 2. The van der Waals surface area contributed by atoms with Crippen LogP contribution in [0.1, 0.15) is 11.1 Å². The van der Waals surface area contributed by atoms with Crippen LogP contribution in [-0.2, 0) is 16.0 Å². The molecule has 0 spiro atoms. The summed E-state index contributed by atoms with van der Waals surface area (Å²) in [5.41, 5.74) is 2.97. The van der Waals surface area contributed by atoms with Crippen LogP contribution in [0.5, 0.6) is 5.75 Å². The third-order valence-electron chi connectivity index (χ3n) is 4.36. The molecule has 3 aromatic rings. The van der Waals surface area contributed by atoms with E-state index in [-0.39, 0.29) is 25.0 Å². The highest BCUT2D eigenvalue weighted by molar-refractivity contribution is 6.04. The number of pyridine rings is 2. The summed E-state index contributed by atoms with van der Waals surface area (Å²) in [6.45, 7) is -0.222. The predicted octanol–water partition coefficient (Wildman–Crippen LogP) is 2.43. The summed E-state index contributed by atoms with van der Waals surface area (Å²) >= 11 is 0. The quantitative estimate of drug-likeness (QED) is 0.741. The third-order valence-corrected chi connectivity index (χ3v) is 4.36. The highest BCUT2D eigenvalue weighted by Gasteiger charge is 2.28. The van der Waals surface area contributed by atoms with Crippen molar-refractivity contribution in [3.05, 3.63) is 78.2 Å². The number of hydrogen-bond acceptors (Lipinski definition) is 5. The first-order valence-electron chi connectivity index (χ1n) is 8.85. The van der Waals surface area contributed by atoms with Gasteiger partial charge in [-0.05, 0) is 53.9 Å². The van der Waals surface area contributed by atoms with Gasteiger partial charge in [-0.2, -0.15) is 0 Å². The Balaban J connectivity index is 1.39. The maximum atomic E-state index is 12.4. The second-order valence-electron chi connectivity index (χ2n) is 6.37. The van der Waals surface area contributed by atoms with Crippen LogP contribution >= 0.6 is 0 Å². The Labute approximate surface area is 162 Å². The maximum Gasteiger partial charge on any atom is 0.266 e. The lowest BCUT2D eigenvalue weighted by Crippen LogP contribution is -2.43. The van der Waals surface area contributed by atoms with Crippen LogP contribution < -0.4 is 15.0 Å². The van der Waals surface area contributed by atoms with E-state index < -0.39 is 0 Å². The standard InChI is InChI=1S/C21H18N4O3/c26-19(13-25-20(27)14-28-18-2-1-9-23-21(18)25)24-17-5-3-15(4-6-17)12-16-7-10-22-11-8-16/h1-11H,12-14H2,(H,24,26). The molecule has 1 aliphatic heterocycles. The van der Waals surface area contributed by atoms with E-state index in [9.17, 15) is 9.59 Å². The van der Waals surface area contributed by atoms with Crippen molar-refractivity contribution < 1.29 is 14.3 Å². The van der Waals surface area contributed by atoms with Gasteiger partial charge in [-0.3, -0.25) is 19.5 Å². The number of nitrogens with zero attached hydrogens (tertiary/aromatic N) is 3. The number of fused-ring (bicyclic) bond motifs is 1. The molecule has 0 saturated heterocycles. The number of benzene rings is 1. The second kappa shape index (κ2) is 7.87. The van der Waals surface area contributed by atoms with E-state index >= 15 is 0 Å². The first-order valence-corrected chi connectivity index (χ1v) is 8.85. The van der Waals surface area contributed by atoms with Crippen molar-refractivity contribution >= 4 is 23.3 Å². The number of carbonyl (C=O) groups excluding carboxylic acids is 2. The Bertz CT molecular complexity index is 990. The number of ether oxygens (including phenoxy) is 1. The van der Waals surface area contributed by atoms with Gasteiger partial charge < -0.3 is 10.1 Å². The number of anilines is 2. The van der Waals surface area contributed by atoms with Crippen LogP contribution in [0.2, 0.25) is 0 Å². The van der Waals surface area contributed by atoms with Crippen molar-refractivity contribution in [1.29, 1.82) is 0 Å². The van der Waals surface area contributed by atoms with E-state index in [1.54, 1.807) is 30.7 Å². The summed E-state index contributed by atoms with van der Waals surface area (Å²) in [4.78, 5) is 34.1. The molecular formula is C21H18N4O3. The molecule has 7 nitrogen and oxygen atoms in total. The van der Waals surface area contributed by atoms with Crippen molar-refractivity contribution in [2.24, 2.45) is 0 Å². The average molecular weight is 374 g/mol. The molecule has 0 saturated carbocycles.